The highest BCUT2D eigenvalue weighted by molar-refractivity contribution is 6.35. The van der Waals surface area contributed by atoms with E-state index in [1.807, 2.05) is 18.7 Å². The molecule has 1 saturated heterocycles. The maximum Gasteiger partial charge on any atom is 0.433 e. The molecule has 0 radical (unpaired) electrons. The van der Waals surface area contributed by atoms with Crippen molar-refractivity contribution in [2.75, 3.05) is 31.1 Å². The van der Waals surface area contributed by atoms with Crippen molar-refractivity contribution in [3.63, 3.8) is 0 Å². The molecule has 1 aromatic carbocycles. The van der Waals surface area contributed by atoms with E-state index < -0.39 is 11.9 Å². The second-order valence-electron chi connectivity index (χ2n) is 4.90. The average Bonchev–Trinajstić information content (AvgIpc) is 2.56. The maximum atomic E-state index is 13.1. The zero-order valence-corrected chi connectivity index (χ0v) is 13.8. The Morgan fingerprint density at radius 3 is 2.43 bits per heavy atom. The molecular weight excluding hydrogens is 327 g/mol. The number of hydrogen-bond donors (Lipinski definition) is 1. The number of halogens is 4. The molecule has 0 atom stereocenters. The van der Waals surface area contributed by atoms with Gasteiger partial charge in [0.05, 0.1) is 10.5 Å². The van der Waals surface area contributed by atoms with E-state index in [-0.39, 0.29) is 10.5 Å². The van der Waals surface area contributed by atoms with Crippen molar-refractivity contribution < 1.29 is 13.2 Å². The largest absolute Gasteiger partial charge is 0.433 e. The topological polar surface area (TPSA) is 28.2 Å². The van der Waals surface area contributed by atoms with E-state index in [9.17, 15) is 13.2 Å². The van der Waals surface area contributed by atoms with Gasteiger partial charge in [0.1, 0.15) is 5.69 Å². The number of pyridine rings is 1. The van der Waals surface area contributed by atoms with Crippen molar-refractivity contribution in [2.45, 2.75) is 20.0 Å². The first-order valence-electron chi connectivity index (χ1n) is 7.59. The third-order valence-corrected chi connectivity index (χ3v) is 3.82. The van der Waals surface area contributed by atoms with E-state index in [1.165, 1.54) is 0 Å². The van der Waals surface area contributed by atoms with E-state index in [1.54, 1.807) is 18.2 Å². The Balaban J connectivity index is 0.000000924. The zero-order valence-electron chi connectivity index (χ0n) is 13.0. The van der Waals surface area contributed by atoms with E-state index >= 15 is 0 Å². The van der Waals surface area contributed by atoms with E-state index in [4.69, 9.17) is 11.6 Å². The van der Waals surface area contributed by atoms with Gasteiger partial charge in [0, 0.05) is 37.3 Å². The molecule has 23 heavy (non-hydrogen) atoms. The lowest BCUT2D eigenvalue weighted by molar-refractivity contribution is -0.140. The molecule has 1 aliphatic heterocycles. The summed E-state index contributed by atoms with van der Waals surface area (Å²) in [6, 6.07) is 6.15. The Morgan fingerprint density at radius 2 is 1.83 bits per heavy atom. The molecule has 1 fully saturated rings. The summed E-state index contributed by atoms with van der Waals surface area (Å²) in [5.74, 6) is 0. The number of alkyl halides is 3. The van der Waals surface area contributed by atoms with Gasteiger partial charge < -0.3 is 10.2 Å². The summed E-state index contributed by atoms with van der Waals surface area (Å²) in [4.78, 5) is 5.64. The Bertz CT molecular complexity index is 667. The molecule has 0 amide bonds. The number of nitrogens with zero attached hydrogens (tertiary/aromatic N) is 2. The third-order valence-electron chi connectivity index (χ3n) is 3.52. The van der Waals surface area contributed by atoms with Crippen molar-refractivity contribution in [1.29, 1.82) is 0 Å². The summed E-state index contributed by atoms with van der Waals surface area (Å²) in [5, 5.41) is 4.07. The molecule has 0 spiro atoms. The van der Waals surface area contributed by atoms with Crippen LogP contribution in [0.2, 0.25) is 5.02 Å². The molecule has 2 heterocycles. The van der Waals surface area contributed by atoms with Crippen LogP contribution in [0.4, 0.5) is 18.9 Å². The highest BCUT2D eigenvalue weighted by Crippen LogP contribution is 2.36. The molecule has 3 rings (SSSR count). The number of fused-ring (bicyclic) bond motifs is 1. The summed E-state index contributed by atoms with van der Waals surface area (Å²) in [6.45, 7) is 6.79. The van der Waals surface area contributed by atoms with Crippen LogP contribution >= 0.6 is 11.6 Å². The van der Waals surface area contributed by atoms with Crippen LogP contribution in [0.1, 0.15) is 19.5 Å². The smallest absolute Gasteiger partial charge is 0.368 e. The molecule has 1 aliphatic rings. The van der Waals surface area contributed by atoms with E-state index in [0.29, 0.717) is 24.2 Å². The molecule has 0 unspecified atom stereocenters. The maximum absolute atomic E-state index is 13.1. The van der Waals surface area contributed by atoms with Crippen molar-refractivity contribution >= 4 is 28.2 Å². The van der Waals surface area contributed by atoms with Crippen LogP contribution in [0, 0.1) is 0 Å². The second kappa shape index (κ2) is 7.36. The minimum absolute atomic E-state index is 0.197. The fraction of sp³-hybridized carbons (Fsp3) is 0.438. The highest BCUT2D eigenvalue weighted by atomic mass is 35.5. The Hall–Kier alpha value is -1.53. The fourth-order valence-electron chi connectivity index (χ4n) is 2.51. The first-order valence-corrected chi connectivity index (χ1v) is 7.97. The van der Waals surface area contributed by atoms with Crippen LogP contribution < -0.4 is 10.2 Å². The van der Waals surface area contributed by atoms with Gasteiger partial charge in [-0.1, -0.05) is 37.6 Å². The van der Waals surface area contributed by atoms with Gasteiger partial charge in [-0.2, -0.15) is 13.2 Å². The minimum Gasteiger partial charge on any atom is -0.368 e. The van der Waals surface area contributed by atoms with Gasteiger partial charge in [-0.05, 0) is 12.1 Å². The van der Waals surface area contributed by atoms with E-state index in [0.717, 1.165) is 19.2 Å². The van der Waals surface area contributed by atoms with Gasteiger partial charge >= 0.3 is 6.18 Å². The number of nitrogens with one attached hydrogen (secondary N) is 1. The van der Waals surface area contributed by atoms with Gasteiger partial charge in [-0.15, -0.1) is 0 Å². The average molecular weight is 346 g/mol. The van der Waals surface area contributed by atoms with Crippen LogP contribution in [0.25, 0.3) is 10.9 Å². The summed E-state index contributed by atoms with van der Waals surface area (Å²) in [7, 11) is 0. The Labute approximate surface area is 138 Å². The molecule has 0 aliphatic carbocycles. The first-order chi connectivity index (χ1) is 11.0. The summed E-state index contributed by atoms with van der Waals surface area (Å²) in [5.41, 5.74) is -0.171. The van der Waals surface area contributed by atoms with Crippen LogP contribution in [0.5, 0.6) is 0 Å². The number of rotatable bonds is 1. The monoisotopic (exact) mass is 345 g/mol. The van der Waals surface area contributed by atoms with Crippen LogP contribution in [0.3, 0.4) is 0 Å². The SMILES string of the molecule is CC.FC(F)(F)c1cc(N2CCNCC2)c2cccc(Cl)c2n1. The molecule has 7 heteroatoms. The standard InChI is InChI=1S/C14H13ClF3N3.C2H6/c15-10-3-1-2-9-11(21-6-4-19-5-7-21)8-12(14(16,17)18)20-13(9)10;1-2/h1-3,8,19H,4-7H2;1-2H3. The van der Waals surface area contributed by atoms with Crippen molar-refractivity contribution in [1.82, 2.24) is 10.3 Å². The van der Waals surface area contributed by atoms with Crippen molar-refractivity contribution in [3.8, 4) is 0 Å². The lowest BCUT2D eigenvalue weighted by atomic mass is 10.1. The third kappa shape index (κ3) is 3.87. The molecule has 2 aromatic rings. The zero-order chi connectivity index (χ0) is 17.0. The fourth-order valence-corrected chi connectivity index (χ4v) is 2.73. The molecule has 126 valence electrons. The van der Waals surface area contributed by atoms with Crippen LogP contribution in [-0.2, 0) is 6.18 Å². The molecule has 1 aromatic heterocycles. The van der Waals surface area contributed by atoms with Crippen LogP contribution in [0.15, 0.2) is 24.3 Å². The van der Waals surface area contributed by atoms with Gasteiger partial charge in [-0.3, -0.25) is 0 Å². The second-order valence-corrected chi connectivity index (χ2v) is 5.30. The first kappa shape index (κ1) is 17.8. The van der Waals surface area contributed by atoms with Crippen molar-refractivity contribution in [3.05, 3.63) is 35.0 Å². The normalized spacial score (nSPS) is 15.3. The number of aromatic nitrogens is 1. The van der Waals surface area contributed by atoms with Gasteiger partial charge in [0.25, 0.3) is 0 Å². The van der Waals surface area contributed by atoms with Crippen LogP contribution in [-0.4, -0.2) is 31.2 Å². The van der Waals surface area contributed by atoms with Gasteiger partial charge in [0.15, 0.2) is 0 Å². The number of anilines is 1. The predicted molar refractivity (Wildman–Crippen MR) is 88.2 cm³/mol. The molecule has 3 nitrogen and oxygen atoms in total. The van der Waals surface area contributed by atoms with Crippen molar-refractivity contribution in [2.24, 2.45) is 0 Å². The minimum atomic E-state index is -4.49. The lowest BCUT2D eigenvalue weighted by Gasteiger charge is -2.30. The predicted octanol–water partition coefficient (Wildman–Crippen LogP) is 4.34. The molecular formula is C16H19ClF3N3. The summed E-state index contributed by atoms with van der Waals surface area (Å²) in [6.07, 6.45) is -4.49. The highest BCUT2D eigenvalue weighted by Gasteiger charge is 2.34. The number of hydrogen-bond acceptors (Lipinski definition) is 3. The Morgan fingerprint density at radius 1 is 1.17 bits per heavy atom. The molecule has 0 saturated carbocycles. The number of benzene rings is 1. The summed E-state index contributed by atoms with van der Waals surface area (Å²) < 4.78 is 39.2. The quantitative estimate of drug-likeness (QED) is 0.833. The summed E-state index contributed by atoms with van der Waals surface area (Å²) >= 11 is 6.03. The Kier molecular flexibility index (Phi) is 5.70. The van der Waals surface area contributed by atoms with Gasteiger partial charge in [-0.25, -0.2) is 4.98 Å². The molecule has 1 N–H and O–H groups in total. The lowest BCUT2D eigenvalue weighted by Crippen LogP contribution is -2.43. The van der Waals surface area contributed by atoms with E-state index in [2.05, 4.69) is 10.3 Å². The number of piperazine rings is 1. The number of para-hydroxylation sites is 1. The molecule has 0 bridgehead atoms. The van der Waals surface area contributed by atoms with Gasteiger partial charge in [0.2, 0.25) is 0 Å².